The number of nitro groups is 1. The van der Waals surface area contributed by atoms with Gasteiger partial charge < -0.3 is 4.74 Å². The predicted molar refractivity (Wildman–Crippen MR) is 78.6 cm³/mol. The van der Waals surface area contributed by atoms with Crippen molar-refractivity contribution in [1.29, 1.82) is 0 Å². The molecule has 0 aliphatic heterocycles. The highest BCUT2D eigenvalue weighted by molar-refractivity contribution is 5.91. The van der Waals surface area contributed by atoms with Gasteiger partial charge in [0.25, 0.3) is 0 Å². The van der Waals surface area contributed by atoms with Crippen molar-refractivity contribution >= 4 is 12.0 Å². The van der Waals surface area contributed by atoms with Crippen molar-refractivity contribution in [3.8, 4) is 5.75 Å². The lowest BCUT2D eigenvalue weighted by Crippen LogP contribution is -2.09. The largest absolute Gasteiger partial charge is 0.422 e. The predicted octanol–water partition coefficient (Wildman–Crippen LogP) is 3.46. The Hall–Kier alpha value is -2.95. The Bertz CT molecular complexity index is 690. The molecule has 0 N–H and O–H groups in total. The normalized spacial score (nSPS) is 10.5. The van der Waals surface area contributed by atoms with Gasteiger partial charge in [-0.05, 0) is 25.1 Å². The number of hydrogen-bond donors (Lipinski definition) is 0. The number of aryl methyl sites for hydroxylation is 1. The van der Waals surface area contributed by atoms with Gasteiger partial charge in [-0.2, -0.15) is 0 Å². The van der Waals surface area contributed by atoms with E-state index < -0.39 is 10.9 Å². The minimum Gasteiger partial charge on any atom is -0.422 e. The van der Waals surface area contributed by atoms with E-state index in [2.05, 4.69) is 0 Å². The van der Waals surface area contributed by atoms with Crippen molar-refractivity contribution in [2.45, 2.75) is 6.92 Å². The number of benzene rings is 2. The SMILES string of the molecule is Cc1ccc(C(=O)Oc2ccccc2/C=C/[N+](=O)[O-])cc1. The standard InChI is InChI=1S/C16H13NO4/c1-12-6-8-14(9-7-12)16(18)21-15-5-3-2-4-13(15)10-11-17(19)20/h2-11H,1H3/b11-10+. The number of hydrogen-bond acceptors (Lipinski definition) is 4. The molecule has 0 fully saturated rings. The third kappa shape index (κ3) is 4.01. The topological polar surface area (TPSA) is 69.4 Å². The lowest BCUT2D eigenvalue weighted by molar-refractivity contribution is -0.400. The van der Waals surface area contributed by atoms with Gasteiger partial charge in [-0.25, -0.2) is 4.79 Å². The summed E-state index contributed by atoms with van der Waals surface area (Å²) in [6.07, 6.45) is 2.09. The van der Waals surface area contributed by atoms with E-state index in [9.17, 15) is 14.9 Å². The lowest BCUT2D eigenvalue weighted by Gasteiger charge is -2.07. The van der Waals surface area contributed by atoms with Crippen molar-refractivity contribution in [3.63, 3.8) is 0 Å². The van der Waals surface area contributed by atoms with Crippen LogP contribution in [0.15, 0.2) is 54.7 Å². The maximum atomic E-state index is 12.0. The van der Waals surface area contributed by atoms with Crippen molar-refractivity contribution in [2.75, 3.05) is 0 Å². The van der Waals surface area contributed by atoms with Crippen LogP contribution in [0.5, 0.6) is 5.75 Å². The van der Waals surface area contributed by atoms with Gasteiger partial charge in [0.1, 0.15) is 5.75 Å². The van der Waals surface area contributed by atoms with Gasteiger partial charge in [0.2, 0.25) is 6.20 Å². The van der Waals surface area contributed by atoms with Gasteiger partial charge in [-0.3, -0.25) is 10.1 Å². The molecule has 0 aromatic heterocycles. The second kappa shape index (κ2) is 6.47. The number of esters is 1. The quantitative estimate of drug-likeness (QED) is 0.373. The first-order valence-corrected chi connectivity index (χ1v) is 6.26. The zero-order valence-electron chi connectivity index (χ0n) is 11.4. The molecule has 5 nitrogen and oxygen atoms in total. The van der Waals surface area contributed by atoms with Crippen molar-refractivity contribution in [3.05, 3.63) is 81.5 Å². The molecule has 5 heteroatoms. The molecule has 2 aromatic carbocycles. The monoisotopic (exact) mass is 283 g/mol. The molecule has 0 bridgehead atoms. The second-order valence-corrected chi connectivity index (χ2v) is 4.39. The summed E-state index contributed by atoms with van der Waals surface area (Å²) in [5.41, 5.74) is 1.93. The zero-order chi connectivity index (χ0) is 15.2. The molecule has 106 valence electrons. The number of carbonyl (C=O) groups is 1. The Morgan fingerprint density at radius 3 is 2.48 bits per heavy atom. The number of carbonyl (C=O) groups excluding carboxylic acids is 1. The second-order valence-electron chi connectivity index (χ2n) is 4.39. The Morgan fingerprint density at radius 1 is 1.14 bits per heavy atom. The lowest BCUT2D eigenvalue weighted by atomic mass is 10.1. The molecular formula is C16H13NO4. The third-order valence-corrected chi connectivity index (χ3v) is 2.78. The Labute approximate surface area is 121 Å². The van der Waals surface area contributed by atoms with Crippen LogP contribution >= 0.6 is 0 Å². The molecule has 0 saturated heterocycles. The number of nitrogens with zero attached hydrogens (tertiary/aromatic N) is 1. The third-order valence-electron chi connectivity index (χ3n) is 2.78. The highest BCUT2D eigenvalue weighted by atomic mass is 16.6. The van der Waals surface area contributed by atoms with Crippen LogP contribution in [0.3, 0.4) is 0 Å². The fourth-order valence-corrected chi connectivity index (χ4v) is 1.70. The van der Waals surface area contributed by atoms with Crippen LogP contribution < -0.4 is 4.74 Å². The number of ether oxygens (including phenoxy) is 1. The highest BCUT2D eigenvalue weighted by Crippen LogP contribution is 2.21. The fraction of sp³-hybridized carbons (Fsp3) is 0.0625. The van der Waals surface area contributed by atoms with Gasteiger partial charge >= 0.3 is 5.97 Å². The molecule has 0 saturated carbocycles. The summed E-state index contributed by atoms with van der Waals surface area (Å²) >= 11 is 0. The van der Waals surface area contributed by atoms with Gasteiger partial charge in [-0.15, -0.1) is 0 Å². The molecule has 0 aliphatic carbocycles. The summed E-state index contributed by atoms with van der Waals surface area (Å²) < 4.78 is 5.29. The van der Waals surface area contributed by atoms with Crippen molar-refractivity contribution in [1.82, 2.24) is 0 Å². The van der Waals surface area contributed by atoms with E-state index in [-0.39, 0.29) is 5.75 Å². The average molecular weight is 283 g/mol. The molecule has 2 rings (SSSR count). The molecule has 0 atom stereocenters. The molecule has 0 amide bonds. The molecule has 0 radical (unpaired) electrons. The van der Waals surface area contributed by atoms with Crippen LogP contribution in [-0.4, -0.2) is 10.9 Å². The highest BCUT2D eigenvalue weighted by Gasteiger charge is 2.10. The first-order valence-electron chi connectivity index (χ1n) is 6.26. The fourth-order valence-electron chi connectivity index (χ4n) is 1.70. The van der Waals surface area contributed by atoms with Gasteiger partial charge in [0, 0.05) is 11.6 Å². The Morgan fingerprint density at radius 2 is 1.81 bits per heavy atom. The molecule has 21 heavy (non-hydrogen) atoms. The Kier molecular flexibility index (Phi) is 4.46. The van der Waals surface area contributed by atoms with E-state index in [4.69, 9.17) is 4.74 Å². The van der Waals surface area contributed by atoms with E-state index in [1.807, 2.05) is 19.1 Å². The van der Waals surface area contributed by atoms with Gasteiger partial charge in [0.15, 0.2) is 0 Å². The summed E-state index contributed by atoms with van der Waals surface area (Å²) in [5, 5.41) is 10.4. The van der Waals surface area contributed by atoms with Crippen LogP contribution in [0.2, 0.25) is 0 Å². The molecule has 2 aromatic rings. The van der Waals surface area contributed by atoms with Crippen LogP contribution in [0.1, 0.15) is 21.5 Å². The first-order chi connectivity index (χ1) is 10.1. The molecule has 0 heterocycles. The van der Waals surface area contributed by atoms with E-state index in [0.717, 1.165) is 11.8 Å². The maximum absolute atomic E-state index is 12.0. The molecule has 0 unspecified atom stereocenters. The molecular weight excluding hydrogens is 270 g/mol. The summed E-state index contributed by atoms with van der Waals surface area (Å²) in [5.74, 6) is -0.224. The summed E-state index contributed by atoms with van der Waals surface area (Å²) in [6.45, 7) is 1.92. The molecule has 0 aliphatic rings. The summed E-state index contributed by atoms with van der Waals surface area (Å²) in [7, 11) is 0. The number of rotatable bonds is 4. The van der Waals surface area contributed by atoms with Crippen molar-refractivity contribution < 1.29 is 14.5 Å². The van der Waals surface area contributed by atoms with Gasteiger partial charge in [-0.1, -0.05) is 35.9 Å². The number of para-hydroxylation sites is 1. The van der Waals surface area contributed by atoms with Crippen LogP contribution in [0, 0.1) is 17.0 Å². The van der Waals surface area contributed by atoms with E-state index in [1.165, 1.54) is 6.08 Å². The van der Waals surface area contributed by atoms with Crippen LogP contribution in [0.25, 0.3) is 6.08 Å². The van der Waals surface area contributed by atoms with E-state index in [0.29, 0.717) is 11.1 Å². The van der Waals surface area contributed by atoms with Gasteiger partial charge in [0.05, 0.1) is 10.5 Å². The molecule has 0 spiro atoms. The smallest absolute Gasteiger partial charge is 0.343 e. The minimum atomic E-state index is -0.571. The first kappa shape index (κ1) is 14.5. The van der Waals surface area contributed by atoms with E-state index in [1.54, 1.807) is 36.4 Å². The van der Waals surface area contributed by atoms with Crippen molar-refractivity contribution in [2.24, 2.45) is 0 Å². The maximum Gasteiger partial charge on any atom is 0.343 e. The summed E-state index contributed by atoms with van der Waals surface area (Å²) in [6, 6.07) is 13.6. The average Bonchev–Trinajstić information content (AvgIpc) is 2.47. The minimum absolute atomic E-state index is 0.279. The van der Waals surface area contributed by atoms with Crippen LogP contribution in [-0.2, 0) is 0 Å². The Balaban J connectivity index is 2.21. The zero-order valence-corrected chi connectivity index (χ0v) is 11.4. The van der Waals surface area contributed by atoms with Crippen LogP contribution in [0.4, 0.5) is 0 Å². The summed E-state index contributed by atoms with van der Waals surface area (Å²) in [4.78, 5) is 21.8. The van der Waals surface area contributed by atoms with E-state index >= 15 is 0 Å².